The molecule has 2 N–H and O–H groups in total. The summed E-state index contributed by atoms with van der Waals surface area (Å²) in [6.07, 6.45) is 0.845. The molecule has 1 aliphatic heterocycles. The van der Waals surface area contributed by atoms with Crippen molar-refractivity contribution in [1.29, 1.82) is 0 Å². The molecule has 3 rings (SSSR count). The molecule has 6 heteroatoms. The molecule has 0 saturated carbocycles. The summed E-state index contributed by atoms with van der Waals surface area (Å²) in [5, 5.41) is 11.8. The Balaban J connectivity index is 1.80. The predicted octanol–water partition coefficient (Wildman–Crippen LogP) is 2.88. The first-order valence-corrected chi connectivity index (χ1v) is 6.22. The second kappa shape index (κ2) is 5.16. The predicted molar refractivity (Wildman–Crippen MR) is 71.0 cm³/mol. The highest BCUT2D eigenvalue weighted by Crippen LogP contribution is 2.33. The summed E-state index contributed by atoms with van der Waals surface area (Å²) in [6.45, 7) is 1.25. The number of carboxylic acid groups (broad SMARTS) is 1. The number of ether oxygens (including phenoxy) is 2. The van der Waals surface area contributed by atoms with Crippen molar-refractivity contribution in [2.24, 2.45) is 0 Å². The first-order chi connectivity index (χ1) is 9.72. The maximum Gasteiger partial charge on any atom is 0.371 e. The molecule has 20 heavy (non-hydrogen) atoms. The Hall–Kier alpha value is -2.63. The highest BCUT2D eigenvalue weighted by atomic mass is 16.5. The lowest BCUT2D eigenvalue weighted by atomic mass is 10.2. The van der Waals surface area contributed by atoms with Crippen LogP contribution in [-0.2, 0) is 0 Å². The number of nitrogens with one attached hydrogen (secondary N) is 1. The monoisotopic (exact) mass is 275 g/mol. The summed E-state index contributed by atoms with van der Waals surface area (Å²) in [5.41, 5.74) is 0.737. The van der Waals surface area contributed by atoms with Crippen LogP contribution in [0.15, 0.2) is 34.7 Å². The van der Waals surface area contributed by atoms with Gasteiger partial charge in [-0.05, 0) is 18.2 Å². The topological polar surface area (TPSA) is 80.9 Å². The van der Waals surface area contributed by atoms with Crippen molar-refractivity contribution in [1.82, 2.24) is 0 Å². The van der Waals surface area contributed by atoms with Crippen molar-refractivity contribution in [2.45, 2.75) is 6.42 Å². The molecule has 2 aromatic rings. The molecule has 0 aliphatic carbocycles. The van der Waals surface area contributed by atoms with Crippen molar-refractivity contribution >= 4 is 17.5 Å². The maximum atomic E-state index is 10.7. The van der Waals surface area contributed by atoms with Crippen LogP contribution in [0.3, 0.4) is 0 Å². The van der Waals surface area contributed by atoms with Crippen molar-refractivity contribution in [3.05, 3.63) is 36.1 Å². The summed E-state index contributed by atoms with van der Waals surface area (Å²) in [4.78, 5) is 10.7. The van der Waals surface area contributed by atoms with E-state index < -0.39 is 5.97 Å². The number of furan rings is 1. The van der Waals surface area contributed by atoms with Gasteiger partial charge >= 0.3 is 5.97 Å². The molecular formula is C14H13NO5. The average molecular weight is 275 g/mol. The van der Waals surface area contributed by atoms with Gasteiger partial charge in [-0.2, -0.15) is 0 Å². The van der Waals surface area contributed by atoms with Gasteiger partial charge in [0.1, 0.15) is 0 Å². The van der Waals surface area contributed by atoms with Crippen LogP contribution in [-0.4, -0.2) is 24.3 Å². The van der Waals surface area contributed by atoms with Crippen LogP contribution in [0, 0.1) is 0 Å². The Morgan fingerprint density at radius 3 is 2.65 bits per heavy atom. The first-order valence-electron chi connectivity index (χ1n) is 6.22. The second-order valence-electron chi connectivity index (χ2n) is 4.31. The average Bonchev–Trinajstić information content (AvgIpc) is 2.77. The zero-order valence-electron chi connectivity index (χ0n) is 10.6. The summed E-state index contributed by atoms with van der Waals surface area (Å²) in [6, 6.07) is 8.38. The summed E-state index contributed by atoms with van der Waals surface area (Å²) in [5.74, 6) is 0.520. The first kappa shape index (κ1) is 12.4. The van der Waals surface area contributed by atoms with Crippen LogP contribution >= 0.6 is 0 Å². The van der Waals surface area contributed by atoms with Crippen molar-refractivity contribution in [3.8, 4) is 11.5 Å². The normalized spacial score (nSPS) is 13.6. The van der Waals surface area contributed by atoms with E-state index >= 15 is 0 Å². The largest absolute Gasteiger partial charge is 0.490 e. The quantitative estimate of drug-likeness (QED) is 0.896. The standard InChI is InChI=1S/C14H13NO5/c16-14(17)11-4-5-13(20-11)15-9-2-3-10-12(8-9)19-7-1-6-18-10/h2-5,8,15H,1,6-7H2,(H,16,17). The summed E-state index contributed by atoms with van der Waals surface area (Å²) < 4.78 is 16.3. The van der Waals surface area contributed by atoms with Gasteiger partial charge in [-0.25, -0.2) is 4.79 Å². The minimum Gasteiger partial charge on any atom is -0.490 e. The minimum atomic E-state index is -1.10. The van der Waals surface area contributed by atoms with E-state index in [-0.39, 0.29) is 5.76 Å². The fraction of sp³-hybridized carbons (Fsp3) is 0.214. The molecule has 0 saturated heterocycles. The van der Waals surface area contributed by atoms with E-state index in [1.807, 2.05) is 12.1 Å². The number of fused-ring (bicyclic) bond motifs is 1. The van der Waals surface area contributed by atoms with Crippen LogP contribution in [0.25, 0.3) is 0 Å². The van der Waals surface area contributed by atoms with E-state index in [2.05, 4.69) is 5.32 Å². The zero-order valence-corrected chi connectivity index (χ0v) is 10.6. The Kier molecular flexibility index (Phi) is 3.20. The molecular weight excluding hydrogens is 262 g/mol. The Morgan fingerprint density at radius 1 is 1.10 bits per heavy atom. The number of rotatable bonds is 3. The van der Waals surface area contributed by atoms with Gasteiger partial charge in [0.05, 0.1) is 13.2 Å². The molecule has 0 amide bonds. The lowest BCUT2D eigenvalue weighted by Gasteiger charge is -2.09. The third kappa shape index (κ3) is 2.54. The molecule has 1 aromatic heterocycles. The van der Waals surface area contributed by atoms with E-state index in [0.29, 0.717) is 30.6 Å². The molecule has 0 fully saturated rings. The number of anilines is 2. The van der Waals surface area contributed by atoms with Gasteiger partial charge in [-0.1, -0.05) is 0 Å². The highest BCUT2D eigenvalue weighted by molar-refractivity contribution is 5.85. The van der Waals surface area contributed by atoms with E-state index in [0.717, 1.165) is 12.1 Å². The summed E-state index contributed by atoms with van der Waals surface area (Å²) in [7, 11) is 0. The van der Waals surface area contributed by atoms with Gasteiger partial charge < -0.3 is 24.3 Å². The number of carboxylic acids is 1. The number of carbonyl (C=O) groups is 1. The molecule has 0 bridgehead atoms. The van der Waals surface area contributed by atoms with Crippen LogP contribution in [0.2, 0.25) is 0 Å². The van der Waals surface area contributed by atoms with Crippen molar-refractivity contribution in [3.63, 3.8) is 0 Å². The van der Waals surface area contributed by atoms with E-state index in [4.69, 9.17) is 19.0 Å². The SMILES string of the molecule is O=C(O)c1ccc(Nc2ccc3c(c2)OCCCO3)o1. The molecule has 6 nitrogen and oxygen atoms in total. The number of benzene rings is 1. The van der Waals surface area contributed by atoms with Gasteiger partial charge in [0.25, 0.3) is 0 Å². The third-order valence-electron chi connectivity index (χ3n) is 2.83. The molecule has 0 spiro atoms. The number of aromatic carboxylic acids is 1. The molecule has 2 heterocycles. The lowest BCUT2D eigenvalue weighted by molar-refractivity contribution is 0.0663. The molecule has 0 radical (unpaired) electrons. The minimum absolute atomic E-state index is 0.109. The number of hydrogen-bond acceptors (Lipinski definition) is 5. The Labute approximate surface area is 114 Å². The molecule has 1 aromatic carbocycles. The molecule has 1 aliphatic rings. The van der Waals surface area contributed by atoms with E-state index in [1.54, 1.807) is 12.1 Å². The van der Waals surface area contributed by atoms with Crippen LogP contribution in [0.5, 0.6) is 11.5 Å². The van der Waals surface area contributed by atoms with Crippen LogP contribution in [0.4, 0.5) is 11.6 Å². The lowest BCUT2D eigenvalue weighted by Crippen LogP contribution is -1.97. The second-order valence-corrected chi connectivity index (χ2v) is 4.31. The third-order valence-corrected chi connectivity index (χ3v) is 2.83. The highest BCUT2D eigenvalue weighted by Gasteiger charge is 2.12. The molecule has 0 atom stereocenters. The van der Waals surface area contributed by atoms with Crippen molar-refractivity contribution in [2.75, 3.05) is 18.5 Å². The van der Waals surface area contributed by atoms with Gasteiger partial charge in [-0.3, -0.25) is 0 Å². The van der Waals surface area contributed by atoms with Crippen LogP contribution in [0.1, 0.15) is 17.0 Å². The smallest absolute Gasteiger partial charge is 0.371 e. The zero-order chi connectivity index (χ0) is 13.9. The van der Waals surface area contributed by atoms with Gasteiger partial charge in [0.2, 0.25) is 5.76 Å². The van der Waals surface area contributed by atoms with Gasteiger partial charge in [0, 0.05) is 24.2 Å². The summed E-state index contributed by atoms with van der Waals surface area (Å²) >= 11 is 0. The Morgan fingerprint density at radius 2 is 1.90 bits per heavy atom. The molecule has 0 unspecified atom stereocenters. The fourth-order valence-corrected chi connectivity index (χ4v) is 1.90. The van der Waals surface area contributed by atoms with Crippen molar-refractivity contribution < 1.29 is 23.8 Å². The molecule has 104 valence electrons. The maximum absolute atomic E-state index is 10.7. The van der Waals surface area contributed by atoms with Crippen LogP contribution < -0.4 is 14.8 Å². The number of hydrogen-bond donors (Lipinski definition) is 2. The Bertz CT molecular complexity index is 634. The van der Waals surface area contributed by atoms with E-state index in [1.165, 1.54) is 6.07 Å². The van der Waals surface area contributed by atoms with E-state index in [9.17, 15) is 4.79 Å². The fourth-order valence-electron chi connectivity index (χ4n) is 1.90. The van der Waals surface area contributed by atoms with Gasteiger partial charge in [-0.15, -0.1) is 0 Å². The van der Waals surface area contributed by atoms with Gasteiger partial charge in [0.15, 0.2) is 17.4 Å².